The van der Waals surface area contributed by atoms with Gasteiger partial charge in [0.15, 0.2) is 11.5 Å². The smallest absolute Gasteiger partial charge is 0.243 e. The third-order valence-corrected chi connectivity index (χ3v) is 3.68. The van der Waals surface area contributed by atoms with E-state index < -0.39 is 36.6 Å². The predicted octanol–water partition coefficient (Wildman–Crippen LogP) is -0.184. The molecule has 0 aliphatic carbocycles. The first-order chi connectivity index (χ1) is 10.5. The first-order valence-corrected chi connectivity index (χ1v) is 6.91. The maximum absolute atomic E-state index is 12.1. The van der Waals surface area contributed by atoms with Crippen molar-refractivity contribution in [1.82, 2.24) is 5.32 Å². The molecule has 0 saturated heterocycles. The number of alkyl halides is 1. The van der Waals surface area contributed by atoms with E-state index in [-0.39, 0.29) is 0 Å². The third kappa shape index (κ3) is 4.01. The molecule has 1 aromatic rings. The Morgan fingerprint density at radius 1 is 1.18 bits per heavy atom. The van der Waals surface area contributed by atoms with Crippen LogP contribution in [0.1, 0.15) is 10.9 Å². The summed E-state index contributed by atoms with van der Waals surface area (Å²) in [6, 6.07) is 4.75. The molecule has 0 bridgehead atoms. The fourth-order valence-corrected chi connectivity index (χ4v) is 1.95. The van der Waals surface area contributed by atoms with Crippen molar-refractivity contribution in [3.8, 4) is 11.5 Å². The number of halogens is 1. The molecule has 7 nitrogen and oxygen atoms in total. The number of aliphatic hydroxyl groups is 3. The van der Waals surface area contributed by atoms with Crippen molar-refractivity contribution in [3.05, 3.63) is 23.8 Å². The van der Waals surface area contributed by atoms with Gasteiger partial charge in [0.2, 0.25) is 5.91 Å². The van der Waals surface area contributed by atoms with E-state index in [1.165, 1.54) is 14.2 Å². The number of nitrogens with one attached hydrogen (secondary N) is 1. The lowest BCUT2D eigenvalue weighted by Gasteiger charge is -2.29. The summed E-state index contributed by atoms with van der Waals surface area (Å²) in [5, 5.41) is 28.9. The summed E-state index contributed by atoms with van der Waals surface area (Å²) in [4.78, 5) is 12.1. The molecular weight excluding hydrogens is 314 g/mol. The minimum absolute atomic E-state index is 0.413. The molecule has 1 aromatic carbocycles. The summed E-state index contributed by atoms with van der Waals surface area (Å²) in [5.41, 5.74) is -1.08. The van der Waals surface area contributed by atoms with Gasteiger partial charge in [-0.1, -0.05) is 6.07 Å². The molecule has 0 heterocycles. The number of rotatable bonds is 8. The van der Waals surface area contributed by atoms with Crippen LogP contribution in [0.3, 0.4) is 0 Å². The molecule has 8 heteroatoms. The number of amides is 1. The van der Waals surface area contributed by atoms with Crippen LogP contribution in [-0.4, -0.2) is 60.8 Å². The zero-order valence-electron chi connectivity index (χ0n) is 12.4. The molecule has 0 fully saturated rings. The molecule has 22 heavy (non-hydrogen) atoms. The summed E-state index contributed by atoms with van der Waals surface area (Å²) >= 11 is 6.10. The van der Waals surface area contributed by atoms with Gasteiger partial charge in [-0.3, -0.25) is 4.79 Å². The van der Waals surface area contributed by atoms with Gasteiger partial charge in [-0.05, 0) is 17.7 Å². The Bertz CT molecular complexity index is 498. The van der Waals surface area contributed by atoms with Gasteiger partial charge in [0, 0.05) is 0 Å². The topological polar surface area (TPSA) is 108 Å². The van der Waals surface area contributed by atoms with Crippen LogP contribution in [0.15, 0.2) is 18.2 Å². The van der Waals surface area contributed by atoms with E-state index in [4.69, 9.17) is 21.1 Å². The highest BCUT2D eigenvalue weighted by Gasteiger charge is 2.32. The summed E-state index contributed by atoms with van der Waals surface area (Å²) in [6.07, 6.45) is 0. The average Bonchev–Trinajstić information content (AvgIpc) is 2.58. The van der Waals surface area contributed by atoms with Crippen LogP contribution in [0.2, 0.25) is 0 Å². The number of benzene rings is 1. The van der Waals surface area contributed by atoms with Gasteiger partial charge in [-0.2, -0.15) is 0 Å². The van der Waals surface area contributed by atoms with Gasteiger partial charge in [-0.15, -0.1) is 11.6 Å². The van der Waals surface area contributed by atoms with Crippen molar-refractivity contribution in [1.29, 1.82) is 0 Å². The lowest BCUT2D eigenvalue weighted by molar-refractivity contribution is -0.125. The van der Waals surface area contributed by atoms with Gasteiger partial charge >= 0.3 is 0 Å². The molecule has 0 radical (unpaired) electrons. The lowest BCUT2D eigenvalue weighted by Crippen LogP contribution is -2.57. The third-order valence-electron chi connectivity index (χ3n) is 3.23. The minimum Gasteiger partial charge on any atom is -0.493 e. The largest absolute Gasteiger partial charge is 0.493 e. The second kappa shape index (κ2) is 8.19. The monoisotopic (exact) mass is 333 g/mol. The maximum atomic E-state index is 12.1. The molecule has 0 aromatic heterocycles. The first kappa shape index (κ1) is 18.5. The number of carbonyl (C=O) groups is 1. The second-order valence-electron chi connectivity index (χ2n) is 4.72. The normalized spacial score (nSPS) is 12.6. The second-order valence-corrected chi connectivity index (χ2v) is 5.16. The van der Waals surface area contributed by atoms with Gasteiger partial charge < -0.3 is 30.1 Å². The van der Waals surface area contributed by atoms with Crippen LogP contribution < -0.4 is 14.8 Å². The van der Waals surface area contributed by atoms with Crippen molar-refractivity contribution >= 4 is 17.5 Å². The minimum atomic E-state index is -1.53. The van der Waals surface area contributed by atoms with Crippen LogP contribution in [0.4, 0.5) is 0 Å². The van der Waals surface area contributed by atoms with Gasteiger partial charge in [0.1, 0.15) is 10.9 Å². The van der Waals surface area contributed by atoms with Gasteiger partial charge in [0.25, 0.3) is 0 Å². The molecular formula is C14H20ClNO6. The van der Waals surface area contributed by atoms with E-state index in [1.54, 1.807) is 18.2 Å². The molecule has 1 atom stereocenters. The van der Waals surface area contributed by atoms with E-state index in [1.807, 2.05) is 0 Å². The molecule has 1 unspecified atom stereocenters. The Labute approximate surface area is 133 Å². The molecule has 4 N–H and O–H groups in total. The van der Waals surface area contributed by atoms with Crippen LogP contribution in [0.5, 0.6) is 11.5 Å². The number of hydrogen-bond donors (Lipinski definition) is 4. The van der Waals surface area contributed by atoms with E-state index >= 15 is 0 Å². The summed E-state index contributed by atoms with van der Waals surface area (Å²) < 4.78 is 10.2. The fourth-order valence-electron chi connectivity index (χ4n) is 1.76. The molecule has 0 spiro atoms. The zero-order valence-corrected chi connectivity index (χ0v) is 13.1. The predicted molar refractivity (Wildman–Crippen MR) is 80.3 cm³/mol. The quantitative estimate of drug-likeness (QED) is 0.491. The molecule has 124 valence electrons. The Kier molecular flexibility index (Phi) is 6.89. The number of methoxy groups -OCH3 is 2. The standard InChI is InChI=1S/C14H20ClNO6/c1-21-10-4-3-9(5-11(10)22-2)12(15)13(20)16-14(6-17,7-18)8-19/h3-5,12,17-19H,6-8H2,1-2H3,(H,16,20). The van der Waals surface area contributed by atoms with Crippen LogP contribution in [0, 0.1) is 0 Å². The highest BCUT2D eigenvalue weighted by atomic mass is 35.5. The van der Waals surface area contributed by atoms with Gasteiger partial charge in [-0.25, -0.2) is 0 Å². The van der Waals surface area contributed by atoms with E-state index in [2.05, 4.69) is 5.32 Å². The van der Waals surface area contributed by atoms with Crippen molar-refractivity contribution in [2.24, 2.45) is 0 Å². The number of hydrogen-bond acceptors (Lipinski definition) is 6. The van der Waals surface area contributed by atoms with Crippen molar-refractivity contribution in [2.75, 3.05) is 34.0 Å². The molecule has 0 aliphatic rings. The maximum Gasteiger partial charge on any atom is 0.243 e. The zero-order chi connectivity index (χ0) is 16.8. The van der Waals surface area contributed by atoms with Crippen LogP contribution >= 0.6 is 11.6 Å². The average molecular weight is 334 g/mol. The molecule has 0 saturated carbocycles. The van der Waals surface area contributed by atoms with E-state index in [0.29, 0.717) is 17.1 Å². The summed E-state index contributed by atoms with van der Waals surface area (Å²) in [6.45, 7) is -1.87. The Balaban J connectivity index is 2.95. The molecule has 1 rings (SSSR count). The lowest BCUT2D eigenvalue weighted by atomic mass is 10.0. The first-order valence-electron chi connectivity index (χ1n) is 6.47. The molecule has 0 aliphatic heterocycles. The Morgan fingerprint density at radius 2 is 1.73 bits per heavy atom. The molecule has 1 amide bonds. The number of aliphatic hydroxyl groups excluding tert-OH is 3. The van der Waals surface area contributed by atoms with E-state index in [9.17, 15) is 20.1 Å². The van der Waals surface area contributed by atoms with Crippen LogP contribution in [0.25, 0.3) is 0 Å². The summed E-state index contributed by atoms with van der Waals surface area (Å²) in [5.74, 6) is 0.244. The van der Waals surface area contributed by atoms with Crippen LogP contribution in [-0.2, 0) is 4.79 Å². The Hall–Kier alpha value is -1.54. The summed E-state index contributed by atoms with van der Waals surface area (Å²) in [7, 11) is 2.94. The number of ether oxygens (including phenoxy) is 2. The Morgan fingerprint density at radius 3 is 2.18 bits per heavy atom. The van der Waals surface area contributed by atoms with Crippen molar-refractivity contribution in [2.45, 2.75) is 10.9 Å². The highest BCUT2D eigenvalue weighted by molar-refractivity contribution is 6.30. The SMILES string of the molecule is COc1ccc(C(Cl)C(=O)NC(CO)(CO)CO)cc1OC. The fraction of sp³-hybridized carbons (Fsp3) is 0.500. The van der Waals surface area contributed by atoms with Gasteiger partial charge in [0.05, 0.1) is 34.0 Å². The number of carbonyl (C=O) groups excluding carboxylic acids is 1. The van der Waals surface area contributed by atoms with Crippen molar-refractivity contribution < 1.29 is 29.6 Å². The highest BCUT2D eigenvalue weighted by Crippen LogP contribution is 2.32. The van der Waals surface area contributed by atoms with E-state index in [0.717, 1.165) is 0 Å². The van der Waals surface area contributed by atoms with Crippen molar-refractivity contribution in [3.63, 3.8) is 0 Å².